The summed E-state index contributed by atoms with van der Waals surface area (Å²) in [6, 6.07) is 5.69. The molecule has 1 atom stereocenters. The molecule has 0 aliphatic heterocycles. The fraction of sp³-hybridized carbons (Fsp3) is 0.385. The molecule has 0 spiro atoms. The standard InChI is InChI=1S/C13H17N3O3/c1-8-6-9(4-5-10(8)17-2)12-15-13(19-16-12)11(7-14)18-3/h4-6,11H,7,14H2,1-3H3. The molecular formula is C13H17N3O3. The van der Waals surface area contributed by atoms with Gasteiger partial charge in [0.2, 0.25) is 5.82 Å². The molecule has 2 rings (SSSR count). The van der Waals surface area contributed by atoms with Crippen molar-refractivity contribution < 1.29 is 14.0 Å². The van der Waals surface area contributed by atoms with Crippen molar-refractivity contribution in [1.29, 1.82) is 0 Å². The predicted molar refractivity (Wildman–Crippen MR) is 69.8 cm³/mol. The van der Waals surface area contributed by atoms with Crippen LogP contribution in [0.2, 0.25) is 0 Å². The van der Waals surface area contributed by atoms with Gasteiger partial charge in [0.25, 0.3) is 5.89 Å². The zero-order valence-electron chi connectivity index (χ0n) is 11.2. The van der Waals surface area contributed by atoms with Crippen LogP contribution in [0, 0.1) is 6.92 Å². The topological polar surface area (TPSA) is 83.4 Å². The van der Waals surface area contributed by atoms with Crippen LogP contribution in [0.1, 0.15) is 17.6 Å². The van der Waals surface area contributed by atoms with Gasteiger partial charge in [-0.25, -0.2) is 0 Å². The number of hydrogen-bond donors (Lipinski definition) is 1. The highest BCUT2D eigenvalue weighted by molar-refractivity contribution is 5.58. The maximum absolute atomic E-state index is 5.56. The third-order valence-corrected chi connectivity index (χ3v) is 2.87. The third kappa shape index (κ3) is 2.74. The fourth-order valence-electron chi connectivity index (χ4n) is 1.80. The third-order valence-electron chi connectivity index (χ3n) is 2.87. The highest BCUT2D eigenvalue weighted by Gasteiger charge is 2.17. The summed E-state index contributed by atoms with van der Waals surface area (Å²) in [5.41, 5.74) is 7.43. The van der Waals surface area contributed by atoms with E-state index in [4.69, 9.17) is 19.7 Å². The molecule has 0 saturated carbocycles. The average Bonchev–Trinajstić information content (AvgIpc) is 2.90. The van der Waals surface area contributed by atoms with E-state index >= 15 is 0 Å². The summed E-state index contributed by atoms with van der Waals surface area (Å²) in [6.07, 6.45) is -0.374. The first-order valence-electron chi connectivity index (χ1n) is 5.91. The molecule has 2 aromatic rings. The largest absolute Gasteiger partial charge is 0.496 e. The Kier molecular flexibility index (Phi) is 4.13. The van der Waals surface area contributed by atoms with E-state index in [1.165, 1.54) is 0 Å². The number of nitrogens with zero attached hydrogens (tertiary/aromatic N) is 2. The Morgan fingerprint density at radius 2 is 2.16 bits per heavy atom. The van der Waals surface area contributed by atoms with E-state index < -0.39 is 0 Å². The van der Waals surface area contributed by atoms with Gasteiger partial charge in [0.15, 0.2) is 0 Å². The van der Waals surface area contributed by atoms with Crippen molar-refractivity contribution in [2.45, 2.75) is 13.0 Å². The molecule has 0 aliphatic carbocycles. The van der Waals surface area contributed by atoms with Gasteiger partial charge in [-0.3, -0.25) is 0 Å². The molecular weight excluding hydrogens is 246 g/mol. The van der Waals surface area contributed by atoms with E-state index in [-0.39, 0.29) is 6.10 Å². The number of nitrogens with two attached hydrogens (primary N) is 1. The highest BCUT2D eigenvalue weighted by atomic mass is 16.5. The van der Waals surface area contributed by atoms with E-state index in [0.29, 0.717) is 18.3 Å². The van der Waals surface area contributed by atoms with E-state index in [0.717, 1.165) is 16.9 Å². The van der Waals surface area contributed by atoms with Gasteiger partial charge in [-0.1, -0.05) is 5.16 Å². The first kappa shape index (κ1) is 13.5. The van der Waals surface area contributed by atoms with Gasteiger partial charge < -0.3 is 19.7 Å². The number of methoxy groups -OCH3 is 2. The lowest BCUT2D eigenvalue weighted by molar-refractivity contribution is 0.0804. The number of rotatable bonds is 5. The Hall–Kier alpha value is -1.92. The molecule has 0 aliphatic rings. The van der Waals surface area contributed by atoms with Crippen LogP contribution in [0.5, 0.6) is 5.75 Å². The van der Waals surface area contributed by atoms with Crippen molar-refractivity contribution in [3.05, 3.63) is 29.7 Å². The molecule has 0 saturated heterocycles. The van der Waals surface area contributed by atoms with Gasteiger partial charge in [-0.05, 0) is 30.7 Å². The first-order chi connectivity index (χ1) is 9.19. The maximum Gasteiger partial charge on any atom is 0.257 e. The van der Waals surface area contributed by atoms with E-state index in [1.54, 1.807) is 14.2 Å². The molecule has 0 amide bonds. The molecule has 0 bridgehead atoms. The minimum atomic E-state index is -0.374. The summed E-state index contributed by atoms with van der Waals surface area (Å²) in [4.78, 5) is 4.30. The second-order valence-corrected chi connectivity index (χ2v) is 4.10. The lowest BCUT2D eigenvalue weighted by Crippen LogP contribution is -2.14. The van der Waals surface area contributed by atoms with Crippen LogP contribution >= 0.6 is 0 Å². The van der Waals surface area contributed by atoms with Crippen LogP contribution in [-0.2, 0) is 4.74 Å². The molecule has 2 N–H and O–H groups in total. The number of benzene rings is 1. The van der Waals surface area contributed by atoms with Crippen molar-refractivity contribution in [2.75, 3.05) is 20.8 Å². The van der Waals surface area contributed by atoms with E-state index in [9.17, 15) is 0 Å². The van der Waals surface area contributed by atoms with Crippen LogP contribution in [0.3, 0.4) is 0 Å². The summed E-state index contributed by atoms with van der Waals surface area (Å²) < 4.78 is 15.5. The monoisotopic (exact) mass is 263 g/mol. The molecule has 1 heterocycles. The van der Waals surface area contributed by atoms with Crippen LogP contribution in [0.4, 0.5) is 0 Å². The van der Waals surface area contributed by atoms with Gasteiger partial charge in [0.05, 0.1) is 7.11 Å². The lowest BCUT2D eigenvalue weighted by Gasteiger charge is -2.06. The van der Waals surface area contributed by atoms with Crippen molar-refractivity contribution in [1.82, 2.24) is 10.1 Å². The zero-order chi connectivity index (χ0) is 13.8. The number of aryl methyl sites for hydroxylation is 1. The second kappa shape index (κ2) is 5.81. The predicted octanol–water partition coefficient (Wildman–Crippen LogP) is 1.70. The minimum Gasteiger partial charge on any atom is -0.496 e. The van der Waals surface area contributed by atoms with E-state index in [2.05, 4.69) is 10.1 Å². The fourth-order valence-corrected chi connectivity index (χ4v) is 1.80. The lowest BCUT2D eigenvalue weighted by atomic mass is 10.1. The van der Waals surface area contributed by atoms with Gasteiger partial charge in [0.1, 0.15) is 11.9 Å². The Morgan fingerprint density at radius 3 is 2.74 bits per heavy atom. The summed E-state index contributed by atoms with van der Waals surface area (Å²) >= 11 is 0. The average molecular weight is 263 g/mol. The summed E-state index contributed by atoms with van der Waals surface area (Å²) in [5, 5.41) is 3.94. The molecule has 1 aromatic carbocycles. The molecule has 0 fully saturated rings. The quantitative estimate of drug-likeness (QED) is 0.884. The summed E-state index contributed by atoms with van der Waals surface area (Å²) in [6.45, 7) is 2.25. The highest BCUT2D eigenvalue weighted by Crippen LogP contribution is 2.25. The van der Waals surface area contributed by atoms with Crippen LogP contribution in [-0.4, -0.2) is 30.9 Å². The number of ether oxygens (including phenoxy) is 2. The van der Waals surface area contributed by atoms with E-state index in [1.807, 2.05) is 25.1 Å². The maximum atomic E-state index is 5.56. The molecule has 19 heavy (non-hydrogen) atoms. The Bertz CT molecular complexity index is 550. The second-order valence-electron chi connectivity index (χ2n) is 4.10. The van der Waals surface area contributed by atoms with Crippen LogP contribution in [0.15, 0.2) is 22.7 Å². The van der Waals surface area contributed by atoms with Gasteiger partial charge >= 0.3 is 0 Å². The van der Waals surface area contributed by atoms with Crippen molar-refractivity contribution in [3.8, 4) is 17.1 Å². The minimum absolute atomic E-state index is 0.291. The number of aromatic nitrogens is 2. The smallest absolute Gasteiger partial charge is 0.257 e. The van der Waals surface area contributed by atoms with Crippen molar-refractivity contribution >= 4 is 0 Å². The van der Waals surface area contributed by atoms with Gasteiger partial charge in [0, 0.05) is 19.2 Å². The molecule has 0 radical (unpaired) electrons. The SMILES string of the molecule is COc1ccc(-c2noc(C(CN)OC)n2)cc1C. The van der Waals surface area contributed by atoms with Crippen LogP contribution in [0.25, 0.3) is 11.4 Å². The Balaban J connectivity index is 2.30. The molecule has 102 valence electrons. The molecule has 1 unspecified atom stereocenters. The normalized spacial score (nSPS) is 12.4. The van der Waals surface area contributed by atoms with Crippen molar-refractivity contribution in [2.24, 2.45) is 5.73 Å². The summed E-state index contributed by atoms with van der Waals surface area (Å²) in [5.74, 6) is 1.72. The zero-order valence-corrected chi connectivity index (χ0v) is 11.2. The first-order valence-corrected chi connectivity index (χ1v) is 5.91. The van der Waals surface area contributed by atoms with Crippen LogP contribution < -0.4 is 10.5 Å². The Labute approximate surface area is 111 Å². The molecule has 1 aromatic heterocycles. The number of hydrogen-bond acceptors (Lipinski definition) is 6. The molecule has 6 nitrogen and oxygen atoms in total. The van der Waals surface area contributed by atoms with Crippen molar-refractivity contribution in [3.63, 3.8) is 0 Å². The molecule has 6 heteroatoms. The van der Waals surface area contributed by atoms with Gasteiger partial charge in [-0.15, -0.1) is 0 Å². The summed E-state index contributed by atoms with van der Waals surface area (Å²) in [7, 11) is 3.19. The Morgan fingerprint density at radius 1 is 1.37 bits per heavy atom. The van der Waals surface area contributed by atoms with Gasteiger partial charge in [-0.2, -0.15) is 4.98 Å².